The largest absolute Gasteiger partial charge is 0.463 e. The molecule has 1 heterocycles. The Hall–Kier alpha value is -2.60. The highest BCUT2D eigenvalue weighted by Gasteiger charge is 2.23. The third-order valence-corrected chi connectivity index (χ3v) is 4.00. The molecule has 0 radical (unpaired) electrons. The van der Waals surface area contributed by atoms with Crippen molar-refractivity contribution in [1.29, 1.82) is 0 Å². The van der Waals surface area contributed by atoms with Crippen molar-refractivity contribution in [2.75, 3.05) is 0 Å². The number of amides is 1. The fourth-order valence-electron chi connectivity index (χ4n) is 2.44. The van der Waals surface area contributed by atoms with Gasteiger partial charge in [0.1, 0.15) is 5.69 Å². The molecule has 2 N–H and O–H groups in total. The number of benzene rings is 1. The van der Waals surface area contributed by atoms with Crippen molar-refractivity contribution in [3.8, 4) is 0 Å². The van der Waals surface area contributed by atoms with E-state index in [4.69, 9.17) is 16.3 Å². The Morgan fingerprint density at radius 3 is 2.50 bits per heavy atom. The Labute approximate surface area is 156 Å². The van der Waals surface area contributed by atoms with E-state index in [0.717, 1.165) is 0 Å². The van der Waals surface area contributed by atoms with Gasteiger partial charge in [-0.1, -0.05) is 29.8 Å². The van der Waals surface area contributed by atoms with Crippen LogP contribution in [0.1, 0.15) is 59.6 Å². The number of hydrogen-bond acceptors (Lipinski definition) is 4. The zero-order valence-electron chi connectivity index (χ0n) is 14.8. The Morgan fingerprint density at radius 1 is 1.23 bits per heavy atom. The highest BCUT2D eigenvalue weighted by molar-refractivity contribution is 6.31. The van der Waals surface area contributed by atoms with Crippen LogP contribution >= 0.6 is 11.6 Å². The van der Waals surface area contributed by atoms with E-state index in [1.54, 1.807) is 38.1 Å². The van der Waals surface area contributed by atoms with E-state index in [1.807, 2.05) is 0 Å². The molecule has 0 unspecified atom stereocenters. The highest BCUT2D eigenvalue weighted by atomic mass is 35.5. The van der Waals surface area contributed by atoms with Crippen LogP contribution in [0, 0.1) is 0 Å². The van der Waals surface area contributed by atoms with Crippen LogP contribution in [0.5, 0.6) is 0 Å². The summed E-state index contributed by atoms with van der Waals surface area (Å²) in [5, 5.41) is 3.22. The molecule has 0 saturated carbocycles. The van der Waals surface area contributed by atoms with E-state index in [0.29, 0.717) is 16.1 Å². The first kappa shape index (κ1) is 19.7. The van der Waals surface area contributed by atoms with Crippen LogP contribution in [-0.4, -0.2) is 28.7 Å². The van der Waals surface area contributed by atoms with Crippen LogP contribution in [0.15, 0.2) is 36.5 Å². The molecule has 0 fully saturated rings. The molecule has 26 heavy (non-hydrogen) atoms. The van der Waals surface area contributed by atoms with E-state index >= 15 is 0 Å². The second-order valence-corrected chi connectivity index (χ2v) is 6.56. The van der Waals surface area contributed by atoms with Crippen molar-refractivity contribution >= 4 is 29.3 Å². The molecular formula is C19H21ClN2O4. The van der Waals surface area contributed by atoms with Gasteiger partial charge in [-0.2, -0.15) is 0 Å². The molecule has 1 amide bonds. The lowest BCUT2D eigenvalue weighted by Gasteiger charge is -2.20. The summed E-state index contributed by atoms with van der Waals surface area (Å²) < 4.78 is 5.18. The molecule has 1 aromatic heterocycles. The zero-order chi connectivity index (χ0) is 19.3. The molecule has 2 aromatic rings. The van der Waals surface area contributed by atoms with Crippen LogP contribution in [0.4, 0.5) is 0 Å². The third kappa shape index (κ3) is 5.20. The maximum atomic E-state index is 12.5. The normalized spacial score (nSPS) is 11.9. The molecule has 1 aromatic carbocycles. The number of halogens is 1. The quantitative estimate of drug-likeness (QED) is 0.569. The fourth-order valence-corrected chi connectivity index (χ4v) is 2.71. The van der Waals surface area contributed by atoms with Crippen molar-refractivity contribution in [3.63, 3.8) is 0 Å². The van der Waals surface area contributed by atoms with E-state index in [-0.39, 0.29) is 24.0 Å². The number of carbonyl (C=O) groups excluding carboxylic acids is 3. The molecule has 0 spiro atoms. The van der Waals surface area contributed by atoms with Gasteiger partial charge in [0.05, 0.1) is 18.6 Å². The molecule has 0 aliphatic rings. The predicted molar refractivity (Wildman–Crippen MR) is 98.3 cm³/mol. The van der Waals surface area contributed by atoms with Crippen molar-refractivity contribution in [1.82, 2.24) is 10.3 Å². The van der Waals surface area contributed by atoms with E-state index in [2.05, 4.69) is 10.3 Å². The highest BCUT2D eigenvalue weighted by Crippen LogP contribution is 2.26. The van der Waals surface area contributed by atoms with Crippen LogP contribution in [0.2, 0.25) is 5.02 Å². The number of H-pyrrole nitrogens is 1. The minimum absolute atomic E-state index is 0.0616. The summed E-state index contributed by atoms with van der Waals surface area (Å²) >= 11 is 6.23. The van der Waals surface area contributed by atoms with Gasteiger partial charge in [0.2, 0.25) is 0 Å². The molecule has 138 valence electrons. The number of aromatic amines is 1. The van der Waals surface area contributed by atoms with Crippen LogP contribution < -0.4 is 5.32 Å². The molecule has 0 bridgehead atoms. The first-order valence-corrected chi connectivity index (χ1v) is 8.60. The summed E-state index contributed by atoms with van der Waals surface area (Å²) in [4.78, 5) is 38.8. The fraction of sp³-hybridized carbons (Fsp3) is 0.316. The van der Waals surface area contributed by atoms with Crippen molar-refractivity contribution < 1.29 is 19.1 Å². The summed E-state index contributed by atoms with van der Waals surface area (Å²) in [7, 11) is 0. The summed E-state index contributed by atoms with van der Waals surface area (Å²) in [6.45, 7) is 4.92. The van der Waals surface area contributed by atoms with Gasteiger partial charge in [-0.05, 0) is 38.5 Å². The topological polar surface area (TPSA) is 88.3 Å². The lowest BCUT2D eigenvalue weighted by molar-refractivity contribution is -0.147. The predicted octanol–water partition coefficient (Wildman–Crippen LogP) is 3.68. The SMILES string of the molecule is CC(=O)c1c[nH]c(C(=O)N[C@H](CC(=O)OC(C)C)c2ccccc2Cl)c1. The second-order valence-electron chi connectivity index (χ2n) is 6.15. The minimum atomic E-state index is -0.661. The Balaban J connectivity index is 2.22. The summed E-state index contributed by atoms with van der Waals surface area (Å²) in [5.74, 6) is -1.04. The average molecular weight is 377 g/mol. The minimum Gasteiger partial charge on any atom is -0.463 e. The van der Waals surface area contributed by atoms with Gasteiger partial charge in [-0.3, -0.25) is 14.4 Å². The molecule has 1 atom stereocenters. The number of aromatic nitrogens is 1. The molecule has 0 saturated heterocycles. The number of hydrogen-bond donors (Lipinski definition) is 2. The second kappa shape index (κ2) is 8.67. The van der Waals surface area contributed by atoms with E-state index in [9.17, 15) is 14.4 Å². The lowest BCUT2D eigenvalue weighted by Crippen LogP contribution is -2.31. The summed E-state index contributed by atoms with van der Waals surface area (Å²) in [6, 6.07) is 7.77. The third-order valence-electron chi connectivity index (χ3n) is 3.66. The van der Waals surface area contributed by atoms with Gasteiger partial charge in [0, 0.05) is 16.8 Å². The van der Waals surface area contributed by atoms with E-state index in [1.165, 1.54) is 19.2 Å². The summed E-state index contributed by atoms with van der Waals surface area (Å²) in [5.41, 5.74) is 1.25. The van der Waals surface area contributed by atoms with Crippen molar-refractivity contribution in [2.24, 2.45) is 0 Å². The van der Waals surface area contributed by atoms with Gasteiger partial charge in [0.15, 0.2) is 5.78 Å². The Bertz CT molecular complexity index is 813. The van der Waals surface area contributed by atoms with Gasteiger partial charge >= 0.3 is 5.97 Å². The van der Waals surface area contributed by atoms with Crippen molar-refractivity contribution in [2.45, 2.75) is 39.3 Å². The number of Topliss-reactive ketones (excluding diaryl/α,β-unsaturated/α-hetero) is 1. The zero-order valence-corrected chi connectivity index (χ0v) is 15.6. The maximum Gasteiger partial charge on any atom is 0.308 e. The van der Waals surface area contributed by atoms with Gasteiger partial charge < -0.3 is 15.0 Å². The standard InChI is InChI=1S/C19H21ClN2O4/c1-11(2)26-18(24)9-16(14-6-4-5-7-15(14)20)22-19(25)17-8-13(10-21-17)12(3)23/h4-8,10-11,16,21H,9H2,1-3H3,(H,22,25)/t16-/m1/s1. The van der Waals surface area contributed by atoms with Gasteiger partial charge in [0.25, 0.3) is 5.91 Å². The van der Waals surface area contributed by atoms with Crippen LogP contribution in [-0.2, 0) is 9.53 Å². The molecule has 7 heteroatoms. The smallest absolute Gasteiger partial charge is 0.308 e. The molecule has 6 nitrogen and oxygen atoms in total. The van der Waals surface area contributed by atoms with Crippen LogP contribution in [0.3, 0.4) is 0 Å². The van der Waals surface area contributed by atoms with Gasteiger partial charge in [-0.25, -0.2) is 0 Å². The molecule has 0 aliphatic heterocycles. The first-order valence-electron chi connectivity index (χ1n) is 8.22. The molecular weight excluding hydrogens is 356 g/mol. The van der Waals surface area contributed by atoms with Crippen LogP contribution in [0.25, 0.3) is 0 Å². The monoisotopic (exact) mass is 376 g/mol. The number of ether oxygens (including phenoxy) is 1. The van der Waals surface area contributed by atoms with E-state index < -0.39 is 17.9 Å². The first-order chi connectivity index (χ1) is 12.3. The number of ketones is 1. The Morgan fingerprint density at radius 2 is 1.92 bits per heavy atom. The summed E-state index contributed by atoms with van der Waals surface area (Å²) in [6.07, 6.45) is 1.15. The number of esters is 1. The number of nitrogens with one attached hydrogen (secondary N) is 2. The maximum absolute atomic E-state index is 12.5. The van der Waals surface area contributed by atoms with Gasteiger partial charge in [-0.15, -0.1) is 0 Å². The average Bonchev–Trinajstić information content (AvgIpc) is 3.04. The number of rotatable bonds is 7. The number of carbonyl (C=O) groups is 3. The Kier molecular flexibility index (Phi) is 6.58. The molecule has 0 aliphatic carbocycles. The lowest BCUT2D eigenvalue weighted by atomic mass is 10.0. The van der Waals surface area contributed by atoms with Crippen molar-refractivity contribution in [3.05, 3.63) is 58.4 Å². The molecule has 2 rings (SSSR count).